The molecule has 0 saturated carbocycles. The molecule has 0 aliphatic rings. The molecule has 2 heterocycles. The predicted octanol–water partition coefficient (Wildman–Crippen LogP) is 3.56. The van der Waals surface area contributed by atoms with Crippen LogP contribution in [0.4, 0.5) is 22.0 Å². The van der Waals surface area contributed by atoms with E-state index in [4.69, 9.17) is 16.0 Å². The Balaban J connectivity index is 2.46. The van der Waals surface area contributed by atoms with Crippen molar-refractivity contribution < 1.29 is 26.4 Å². The van der Waals surface area contributed by atoms with Crippen LogP contribution in [0, 0.1) is 5.82 Å². The maximum Gasteiger partial charge on any atom is 0.431 e. The number of halogens is 6. The van der Waals surface area contributed by atoms with E-state index in [1.807, 2.05) is 0 Å². The second-order valence-corrected chi connectivity index (χ2v) is 5.73. The van der Waals surface area contributed by atoms with Gasteiger partial charge < -0.3 is 4.42 Å². The topological polar surface area (TPSA) is 57.1 Å². The van der Waals surface area contributed by atoms with Gasteiger partial charge in [-0.1, -0.05) is 11.6 Å². The van der Waals surface area contributed by atoms with Gasteiger partial charge >= 0.3 is 11.9 Å². The standard InChI is InChI=1S/C15H8ClF5N2O3/c1-22-10(15(19,20)21)4-11(24)23(14(22)25)12-7-2-6(5-17)26-13(7)8(16)3-9(12)18/h2-4H,5H2,1H3. The molecule has 0 aliphatic heterocycles. The quantitative estimate of drug-likeness (QED) is 0.624. The lowest BCUT2D eigenvalue weighted by molar-refractivity contribution is -0.144. The smallest absolute Gasteiger partial charge is 0.431 e. The zero-order valence-electron chi connectivity index (χ0n) is 12.8. The monoisotopic (exact) mass is 394 g/mol. The third kappa shape index (κ3) is 2.70. The van der Waals surface area contributed by atoms with Crippen LogP contribution in [-0.4, -0.2) is 9.13 Å². The van der Waals surface area contributed by atoms with Crippen molar-refractivity contribution in [2.45, 2.75) is 12.9 Å². The molecule has 3 rings (SSSR count). The summed E-state index contributed by atoms with van der Waals surface area (Å²) in [5, 5.41) is -0.473. The highest BCUT2D eigenvalue weighted by molar-refractivity contribution is 6.35. The van der Waals surface area contributed by atoms with E-state index in [9.17, 15) is 31.5 Å². The van der Waals surface area contributed by atoms with Crippen LogP contribution < -0.4 is 11.2 Å². The zero-order chi connectivity index (χ0) is 19.4. The van der Waals surface area contributed by atoms with E-state index in [-0.39, 0.29) is 37.0 Å². The molecule has 0 spiro atoms. The minimum atomic E-state index is -4.96. The van der Waals surface area contributed by atoms with Crippen molar-refractivity contribution in [2.75, 3.05) is 0 Å². The summed E-state index contributed by atoms with van der Waals surface area (Å²) in [4.78, 5) is 24.5. The first kappa shape index (κ1) is 18.2. The molecule has 0 N–H and O–H groups in total. The highest BCUT2D eigenvalue weighted by Crippen LogP contribution is 2.34. The number of nitrogens with zero attached hydrogens (tertiary/aromatic N) is 2. The molecule has 1 aromatic carbocycles. The largest absolute Gasteiger partial charge is 0.457 e. The molecule has 0 amide bonds. The van der Waals surface area contributed by atoms with Gasteiger partial charge in [0.25, 0.3) is 5.56 Å². The second-order valence-electron chi connectivity index (χ2n) is 5.32. The van der Waals surface area contributed by atoms with Gasteiger partial charge in [0.2, 0.25) is 0 Å². The van der Waals surface area contributed by atoms with Crippen LogP contribution in [0.25, 0.3) is 16.7 Å². The fourth-order valence-corrected chi connectivity index (χ4v) is 2.80. The zero-order valence-corrected chi connectivity index (χ0v) is 13.6. The Bertz CT molecular complexity index is 1140. The van der Waals surface area contributed by atoms with Gasteiger partial charge in [-0.3, -0.25) is 9.36 Å². The lowest BCUT2D eigenvalue weighted by Crippen LogP contribution is -2.41. The molecule has 2 aromatic heterocycles. The summed E-state index contributed by atoms with van der Waals surface area (Å²) in [5.41, 5.74) is -5.22. The molecule has 3 aromatic rings. The summed E-state index contributed by atoms with van der Waals surface area (Å²) in [6.07, 6.45) is -4.96. The Morgan fingerprint density at radius 2 is 1.85 bits per heavy atom. The number of hydrogen-bond donors (Lipinski definition) is 0. The lowest BCUT2D eigenvalue weighted by Gasteiger charge is -2.14. The van der Waals surface area contributed by atoms with Gasteiger partial charge in [0.05, 0.1) is 5.02 Å². The number of hydrogen-bond acceptors (Lipinski definition) is 3. The first-order valence-corrected chi connectivity index (χ1v) is 7.31. The van der Waals surface area contributed by atoms with Gasteiger partial charge in [0.1, 0.15) is 29.6 Å². The van der Waals surface area contributed by atoms with Crippen molar-refractivity contribution in [2.24, 2.45) is 7.05 Å². The van der Waals surface area contributed by atoms with E-state index >= 15 is 0 Å². The molecule has 138 valence electrons. The Kier molecular flexibility index (Phi) is 4.18. The highest BCUT2D eigenvalue weighted by Gasteiger charge is 2.35. The van der Waals surface area contributed by atoms with Gasteiger partial charge in [0, 0.05) is 18.5 Å². The predicted molar refractivity (Wildman–Crippen MR) is 81.8 cm³/mol. The number of rotatable bonds is 2. The van der Waals surface area contributed by atoms with Gasteiger partial charge in [-0.15, -0.1) is 0 Å². The third-order valence-electron chi connectivity index (χ3n) is 3.70. The molecular formula is C15H8ClF5N2O3. The summed E-state index contributed by atoms with van der Waals surface area (Å²) in [6, 6.07) is 1.90. The molecule has 0 aliphatic carbocycles. The van der Waals surface area contributed by atoms with Crippen molar-refractivity contribution in [3.05, 3.63) is 61.3 Å². The molecule has 5 nitrogen and oxygen atoms in total. The van der Waals surface area contributed by atoms with Crippen LogP contribution in [0.5, 0.6) is 0 Å². The average Bonchev–Trinajstić information content (AvgIpc) is 2.97. The normalized spacial score (nSPS) is 12.1. The third-order valence-corrected chi connectivity index (χ3v) is 3.98. The lowest BCUT2D eigenvalue weighted by atomic mass is 10.2. The van der Waals surface area contributed by atoms with Crippen molar-refractivity contribution in [3.63, 3.8) is 0 Å². The summed E-state index contributed by atoms with van der Waals surface area (Å²) in [7, 11) is 0.786. The number of furan rings is 1. The van der Waals surface area contributed by atoms with E-state index in [0.717, 1.165) is 13.1 Å². The number of alkyl halides is 4. The molecule has 0 radical (unpaired) electrons. The van der Waals surface area contributed by atoms with E-state index in [1.165, 1.54) is 0 Å². The summed E-state index contributed by atoms with van der Waals surface area (Å²) >= 11 is 5.81. The highest BCUT2D eigenvalue weighted by atomic mass is 35.5. The molecule has 0 atom stereocenters. The molecule has 26 heavy (non-hydrogen) atoms. The average molecular weight is 395 g/mol. The maximum atomic E-state index is 14.5. The van der Waals surface area contributed by atoms with Gasteiger partial charge in [-0.2, -0.15) is 13.2 Å². The van der Waals surface area contributed by atoms with Gasteiger partial charge in [0.15, 0.2) is 5.58 Å². The van der Waals surface area contributed by atoms with Crippen molar-refractivity contribution in [1.82, 2.24) is 9.13 Å². The summed E-state index contributed by atoms with van der Waals surface area (Å²) in [6.45, 7) is -1.08. The number of benzene rings is 1. The van der Waals surface area contributed by atoms with Gasteiger partial charge in [-0.05, 0) is 12.1 Å². The van der Waals surface area contributed by atoms with Crippen molar-refractivity contribution in [1.29, 1.82) is 0 Å². The molecule has 0 saturated heterocycles. The number of aromatic nitrogens is 2. The maximum absolute atomic E-state index is 14.5. The SMILES string of the molecule is Cn1c(C(F)(F)F)cc(=O)n(-c2c(F)cc(Cl)c3oc(CF)cc23)c1=O. The molecule has 0 bridgehead atoms. The van der Waals surface area contributed by atoms with E-state index in [2.05, 4.69) is 0 Å². The van der Waals surface area contributed by atoms with Gasteiger partial charge in [-0.25, -0.2) is 18.1 Å². The fourth-order valence-electron chi connectivity index (χ4n) is 2.57. The van der Waals surface area contributed by atoms with Crippen LogP contribution in [0.2, 0.25) is 5.02 Å². The van der Waals surface area contributed by atoms with Crippen LogP contribution in [0.15, 0.2) is 32.2 Å². The molecule has 0 fully saturated rings. The Labute approximate surface area is 145 Å². The van der Waals surface area contributed by atoms with E-state index < -0.39 is 41.3 Å². The second kappa shape index (κ2) is 5.97. The number of fused-ring (bicyclic) bond motifs is 1. The first-order valence-electron chi connectivity index (χ1n) is 6.93. The molecular weight excluding hydrogens is 387 g/mol. The Morgan fingerprint density at radius 1 is 1.19 bits per heavy atom. The minimum Gasteiger partial charge on any atom is -0.457 e. The van der Waals surface area contributed by atoms with Crippen LogP contribution in [0.3, 0.4) is 0 Å². The van der Waals surface area contributed by atoms with Crippen molar-refractivity contribution in [3.8, 4) is 5.69 Å². The van der Waals surface area contributed by atoms with Crippen LogP contribution in [0.1, 0.15) is 11.5 Å². The molecule has 11 heteroatoms. The molecule has 0 unspecified atom stereocenters. The summed E-state index contributed by atoms with van der Waals surface area (Å²) < 4.78 is 71.5. The van der Waals surface area contributed by atoms with Crippen LogP contribution >= 0.6 is 11.6 Å². The Hall–Kier alpha value is -2.62. The van der Waals surface area contributed by atoms with Crippen molar-refractivity contribution >= 4 is 22.6 Å². The summed E-state index contributed by atoms with van der Waals surface area (Å²) in [5.74, 6) is -1.42. The van der Waals surface area contributed by atoms with E-state index in [1.54, 1.807) is 0 Å². The fraction of sp³-hybridized carbons (Fsp3) is 0.200. The Morgan fingerprint density at radius 3 is 2.42 bits per heavy atom. The minimum absolute atomic E-state index is 0.164. The first-order chi connectivity index (χ1) is 12.1. The van der Waals surface area contributed by atoms with Crippen LogP contribution in [-0.2, 0) is 19.9 Å². The van der Waals surface area contributed by atoms with E-state index in [0.29, 0.717) is 6.07 Å².